The molecule has 1 aliphatic heterocycles. The van der Waals surface area contributed by atoms with Gasteiger partial charge in [0.15, 0.2) is 0 Å². The Morgan fingerprint density at radius 1 is 1.30 bits per heavy atom. The summed E-state index contributed by atoms with van der Waals surface area (Å²) in [6.45, 7) is 2.72. The Hall–Kier alpha value is -2.80. The standard InChI is InChI=1S/C20H23FN4O2/c1-14-15(21)6-4-7-16(14)24-18(26)12-25-11-5-9-20(13-25,19(22)27)17-8-2-3-10-23-17/h2-4,6-8,10H,5,9,11-13H2,1H3,(H2,22,27)(H,24,26)/t20-/m1/s1. The number of carbonyl (C=O) groups excluding carboxylic acids is 2. The van der Waals surface area contributed by atoms with E-state index in [0.717, 1.165) is 6.42 Å². The Balaban J connectivity index is 1.73. The molecule has 27 heavy (non-hydrogen) atoms. The fourth-order valence-corrected chi connectivity index (χ4v) is 3.60. The Morgan fingerprint density at radius 3 is 2.81 bits per heavy atom. The fourth-order valence-electron chi connectivity index (χ4n) is 3.60. The number of aromatic nitrogens is 1. The van der Waals surface area contributed by atoms with Crippen LogP contribution >= 0.6 is 0 Å². The van der Waals surface area contributed by atoms with E-state index in [2.05, 4.69) is 10.3 Å². The van der Waals surface area contributed by atoms with Gasteiger partial charge in [-0.1, -0.05) is 12.1 Å². The second kappa shape index (κ2) is 7.84. The Morgan fingerprint density at radius 2 is 2.11 bits per heavy atom. The molecule has 0 spiro atoms. The van der Waals surface area contributed by atoms with Crippen LogP contribution in [0.2, 0.25) is 0 Å². The highest BCUT2D eigenvalue weighted by atomic mass is 19.1. The van der Waals surface area contributed by atoms with E-state index in [0.29, 0.717) is 36.5 Å². The lowest BCUT2D eigenvalue weighted by Gasteiger charge is -2.40. The van der Waals surface area contributed by atoms with Crippen molar-refractivity contribution in [3.8, 4) is 0 Å². The maximum absolute atomic E-state index is 13.6. The van der Waals surface area contributed by atoms with Crippen molar-refractivity contribution in [1.29, 1.82) is 0 Å². The molecule has 0 saturated carbocycles. The summed E-state index contributed by atoms with van der Waals surface area (Å²) in [4.78, 5) is 31.0. The molecule has 0 bridgehead atoms. The summed E-state index contributed by atoms with van der Waals surface area (Å²) in [6, 6.07) is 9.97. The van der Waals surface area contributed by atoms with E-state index in [1.54, 1.807) is 37.4 Å². The monoisotopic (exact) mass is 370 g/mol. The zero-order valence-electron chi connectivity index (χ0n) is 15.2. The van der Waals surface area contributed by atoms with Gasteiger partial charge in [-0.05, 0) is 50.6 Å². The van der Waals surface area contributed by atoms with Crippen LogP contribution in [0.1, 0.15) is 24.1 Å². The highest BCUT2D eigenvalue weighted by molar-refractivity contribution is 5.93. The van der Waals surface area contributed by atoms with E-state index < -0.39 is 11.3 Å². The van der Waals surface area contributed by atoms with Crippen molar-refractivity contribution in [3.63, 3.8) is 0 Å². The predicted octanol–water partition coefficient (Wildman–Crippen LogP) is 1.99. The molecule has 0 unspecified atom stereocenters. The summed E-state index contributed by atoms with van der Waals surface area (Å²) in [5, 5.41) is 2.74. The minimum absolute atomic E-state index is 0.0951. The normalized spacial score (nSPS) is 20.2. The first-order valence-corrected chi connectivity index (χ1v) is 8.91. The van der Waals surface area contributed by atoms with Gasteiger partial charge in [0.1, 0.15) is 11.2 Å². The smallest absolute Gasteiger partial charge is 0.238 e. The third kappa shape index (κ3) is 3.98. The highest BCUT2D eigenvalue weighted by Gasteiger charge is 2.43. The van der Waals surface area contributed by atoms with Crippen molar-refractivity contribution in [3.05, 3.63) is 59.7 Å². The lowest BCUT2D eigenvalue weighted by atomic mass is 9.76. The number of pyridine rings is 1. The molecule has 1 aliphatic rings. The molecule has 2 amide bonds. The molecule has 1 fully saturated rings. The van der Waals surface area contributed by atoms with Crippen LogP contribution in [0.4, 0.5) is 10.1 Å². The summed E-state index contributed by atoms with van der Waals surface area (Å²) in [5.41, 5.74) is 6.30. The van der Waals surface area contributed by atoms with Gasteiger partial charge in [0.2, 0.25) is 11.8 Å². The summed E-state index contributed by atoms with van der Waals surface area (Å²) in [7, 11) is 0. The van der Waals surface area contributed by atoms with Gasteiger partial charge < -0.3 is 11.1 Å². The number of rotatable bonds is 5. The van der Waals surface area contributed by atoms with Crippen LogP contribution in [0.25, 0.3) is 0 Å². The number of amides is 2. The number of halogens is 1. The lowest BCUT2D eigenvalue weighted by molar-refractivity contribution is -0.127. The number of nitrogens with one attached hydrogen (secondary N) is 1. The van der Waals surface area contributed by atoms with Gasteiger partial charge in [0, 0.05) is 24.0 Å². The van der Waals surface area contributed by atoms with E-state index in [-0.39, 0.29) is 18.3 Å². The average Bonchev–Trinajstić information content (AvgIpc) is 2.66. The van der Waals surface area contributed by atoms with Crippen molar-refractivity contribution in [2.24, 2.45) is 5.73 Å². The van der Waals surface area contributed by atoms with Gasteiger partial charge in [-0.15, -0.1) is 0 Å². The number of primary amides is 1. The molecule has 2 heterocycles. The van der Waals surface area contributed by atoms with Crippen molar-refractivity contribution >= 4 is 17.5 Å². The summed E-state index contributed by atoms with van der Waals surface area (Å²) >= 11 is 0. The molecule has 3 rings (SSSR count). The maximum Gasteiger partial charge on any atom is 0.238 e. The number of piperidine rings is 1. The Kier molecular flexibility index (Phi) is 5.51. The van der Waals surface area contributed by atoms with Crippen molar-refractivity contribution < 1.29 is 14.0 Å². The number of hydrogen-bond donors (Lipinski definition) is 2. The van der Waals surface area contributed by atoms with Crippen LogP contribution in [0.15, 0.2) is 42.6 Å². The van der Waals surface area contributed by atoms with Gasteiger partial charge in [-0.25, -0.2) is 4.39 Å². The summed E-state index contributed by atoms with van der Waals surface area (Å²) < 4.78 is 13.6. The zero-order valence-corrected chi connectivity index (χ0v) is 15.2. The maximum atomic E-state index is 13.6. The van der Waals surface area contributed by atoms with Gasteiger partial charge in [0.05, 0.1) is 12.2 Å². The summed E-state index contributed by atoms with van der Waals surface area (Å²) in [6.07, 6.45) is 2.96. The van der Waals surface area contributed by atoms with Crippen LogP contribution < -0.4 is 11.1 Å². The minimum Gasteiger partial charge on any atom is -0.369 e. The average molecular weight is 370 g/mol. The van der Waals surface area contributed by atoms with Crippen molar-refractivity contribution in [2.75, 3.05) is 25.0 Å². The molecule has 1 aromatic carbocycles. The molecule has 7 heteroatoms. The lowest BCUT2D eigenvalue weighted by Crippen LogP contribution is -2.55. The second-order valence-electron chi connectivity index (χ2n) is 6.94. The van der Waals surface area contributed by atoms with Gasteiger partial charge in [-0.2, -0.15) is 0 Å². The number of nitrogens with two attached hydrogens (primary N) is 1. The molecule has 1 saturated heterocycles. The third-order valence-corrected chi connectivity index (χ3v) is 5.11. The van der Waals surface area contributed by atoms with Gasteiger partial charge in [0.25, 0.3) is 0 Å². The second-order valence-corrected chi connectivity index (χ2v) is 6.94. The topological polar surface area (TPSA) is 88.3 Å². The fraction of sp³-hybridized carbons (Fsp3) is 0.350. The Bertz CT molecular complexity index is 843. The first-order valence-electron chi connectivity index (χ1n) is 8.91. The van der Waals surface area contributed by atoms with E-state index in [1.807, 2.05) is 11.0 Å². The van der Waals surface area contributed by atoms with E-state index in [9.17, 15) is 14.0 Å². The number of carbonyl (C=O) groups is 2. The number of anilines is 1. The number of hydrogen-bond acceptors (Lipinski definition) is 4. The van der Waals surface area contributed by atoms with E-state index in [4.69, 9.17) is 5.73 Å². The molecule has 6 nitrogen and oxygen atoms in total. The van der Waals surface area contributed by atoms with Crippen LogP contribution in [-0.2, 0) is 15.0 Å². The minimum atomic E-state index is -0.908. The molecule has 1 atom stereocenters. The first kappa shape index (κ1) is 19.0. The number of benzene rings is 1. The first-order chi connectivity index (χ1) is 12.9. The number of likely N-dealkylation sites (tertiary alicyclic amines) is 1. The van der Waals surface area contributed by atoms with Gasteiger partial charge >= 0.3 is 0 Å². The molecular formula is C20H23FN4O2. The van der Waals surface area contributed by atoms with Crippen LogP contribution in [0.5, 0.6) is 0 Å². The van der Waals surface area contributed by atoms with Crippen LogP contribution in [0, 0.1) is 12.7 Å². The highest BCUT2D eigenvalue weighted by Crippen LogP contribution is 2.32. The third-order valence-electron chi connectivity index (χ3n) is 5.11. The van der Waals surface area contributed by atoms with Crippen LogP contribution in [0.3, 0.4) is 0 Å². The molecule has 0 radical (unpaired) electrons. The molecule has 142 valence electrons. The van der Waals surface area contributed by atoms with Crippen LogP contribution in [-0.4, -0.2) is 41.3 Å². The molecular weight excluding hydrogens is 347 g/mol. The predicted molar refractivity (Wildman–Crippen MR) is 101 cm³/mol. The van der Waals surface area contributed by atoms with Crippen molar-refractivity contribution in [1.82, 2.24) is 9.88 Å². The SMILES string of the molecule is Cc1c(F)cccc1NC(=O)CN1CCC[C@](C(N)=O)(c2ccccn2)C1. The quantitative estimate of drug-likeness (QED) is 0.842. The van der Waals surface area contributed by atoms with E-state index >= 15 is 0 Å². The summed E-state index contributed by atoms with van der Waals surface area (Å²) in [5.74, 6) is -1.06. The Labute approximate surface area is 157 Å². The zero-order chi connectivity index (χ0) is 19.4. The molecule has 0 aliphatic carbocycles. The molecule has 2 aromatic rings. The molecule has 1 aromatic heterocycles. The van der Waals surface area contributed by atoms with E-state index in [1.165, 1.54) is 6.07 Å². The van der Waals surface area contributed by atoms with Crippen molar-refractivity contribution in [2.45, 2.75) is 25.2 Å². The molecule has 3 N–H and O–H groups in total. The number of nitrogens with zero attached hydrogens (tertiary/aromatic N) is 2. The largest absolute Gasteiger partial charge is 0.369 e. The van der Waals surface area contributed by atoms with Gasteiger partial charge in [-0.3, -0.25) is 19.5 Å².